The first-order valence-electron chi connectivity index (χ1n) is 8.75. The molecule has 2 aliphatic heterocycles. The van der Waals surface area contributed by atoms with Crippen molar-refractivity contribution in [1.82, 2.24) is 14.7 Å². The summed E-state index contributed by atoms with van der Waals surface area (Å²) in [6.07, 6.45) is 0.808. The molecule has 26 heavy (non-hydrogen) atoms. The van der Waals surface area contributed by atoms with E-state index in [0.29, 0.717) is 31.0 Å². The molecular weight excluding hydrogens is 336 g/mol. The molecule has 1 aromatic rings. The molecule has 0 bridgehead atoms. The Morgan fingerprint density at radius 2 is 1.96 bits per heavy atom. The minimum atomic E-state index is -0.461. The van der Waals surface area contributed by atoms with Gasteiger partial charge in [0.1, 0.15) is 11.8 Å². The van der Waals surface area contributed by atoms with E-state index in [1.54, 1.807) is 36.2 Å². The largest absolute Gasteiger partial charge is 0.494 e. The molecule has 2 heterocycles. The highest BCUT2D eigenvalue weighted by molar-refractivity contribution is 5.95. The predicted molar refractivity (Wildman–Crippen MR) is 94.6 cm³/mol. The van der Waals surface area contributed by atoms with E-state index in [2.05, 4.69) is 4.90 Å². The lowest BCUT2D eigenvalue weighted by Gasteiger charge is -2.45. The van der Waals surface area contributed by atoms with Gasteiger partial charge in [0.25, 0.3) is 0 Å². The maximum Gasteiger partial charge on any atom is 0.248 e. The van der Waals surface area contributed by atoms with Crippen molar-refractivity contribution in [2.24, 2.45) is 5.73 Å². The number of ether oxygens (including phenoxy) is 1. The average molecular weight is 360 g/mol. The lowest BCUT2D eigenvalue weighted by Crippen LogP contribution is -2.66. The number of primary amides is 1. The number of nitrogens with two attached hydrogens (primary N) is 1. The third kappa shape index (κ3) is 3.96. The quantitative estimate of drug-likeness (QED) is 0.693. The number of fused-ring (bicyclic) bond motifs is 1. The normalized spacial score (nSPS) is 20.9. The molecule has 3 rings (SSSR count). The van der Waals surface area contributed by atoms with Crippen LogP contribution in [0.4, 0.5) is 0 Å². The average Bonchev–Trinajstić information content (AvgIpc) is 2.63. The molecule has 0 saturated carbocycles. The maximum atomic E-state index is 12.3. The van der Waals surface area contributed by atoms with Gasteiger partial charge < -0.3 is 20.3 Å². The lowest BCUT2D eigenvalue weighted by molar-refractivity contribution is -0.158. The first-order valence-corrected chi connectivity index (χ1v) is 8.75. The second-order valence-electron chi connectivity index (χ2n) is 6.69. The summed E-state index contributed by atoms with van der Waals surface area (Å²) >= 11 is 0. The van der Waals surface area contributed by atoms with E-state index in [0.717, 1.165) is 19.5 Å². The third-order valence-corrected chi connectivity index (χ3v) is 4.84. The first kappa shape index (κ1) is 18.2. The molecule has 140 valence electrons. The number of piperazine rings is 2. The number of carbonyl (C=O) groups is 3. The number of amides is 3. The zero-order chi connectivity index (χ0) is 18.7. The van der Waals surface area contributed by atoms with Gasteiger partial charge in [-0.1, -0.05) is 0 Å². The molecule has 3 amide bonds. The van der Waals surface area contributed by atoms with Crippen molar-refractivity contribution < 1.29 is 19.1 Å². The molecule has 1 aromatic carbocycles. The van der Waals surface area contributed by atoms with E-state index < -0.39 is 5.91 Å². The summed E-state index contributed by atoms with van der Waals surface area (Å²) in [4.78, 5) is 40.8. The van der Waals surface area contributed by atoms with Crippen molar-refractivity contribution >= 4 is 17.7 Å². The topological polar surface area (TPSA) is 96.2 Å². The summed E-state index contributed by atoms with van der Waals surface area (Å²) in [5.74, 6) is 0.270. The molecule has 8 heteroatoms. The number of carbonyl (C=O) groups excluding carboxylic acids is 3. The standard InChI is InChI=1S/C18H24N4O4/c1-20-12-16(23)22-9-8-21(11-15(22)18(20)25)7-2-10-26-14-5-3-13(4-6-14)17(19)24/h3-6,15H,2,7-12H2,1H3,(H2,19,24)/t15-/m0/s1. The summed E-state index contributed by atoms with van der Waals surface area (Å²) in [6.45, 7) is 3.45. The number of benzene rings is 1. The molecule has 8 nitrogen and oxygen atoms in total. The number of nitrogens with zero attached hydrogens (tertiary/aromatic N) is 3. The highest BCUT2D eigenvalue weighted by atomic mass is 16.5. The van der Waals surface area contributed by atoms with Gasteiger partial charge in [-0.2, -0.15) is 0 Å². The van der Waals surface area contributed by atoms with Gasteiger partial charge >= 0.3 is 0 Å². The van der Waals surface area contributed by atoms with Crippen molar-refractivity contribution in [2.45, 2.75) is 12.5 Å². The molecule has 0 radical (unpaired) electrons. The van der Waals surface area contributed by atoms with E-state index in [9.17, 15) is 14.4 Å². The van der Waals surface area contributed by atoms with Crippen molar-refractivity contribution in [3.8, 4) is 5.75 Å². The lowest BCUT2D eigenvalue weighted by atomic mass is 10.1. The Bertz CT molecular complexity index is 691. The first-order chi connectivity index (χ1) is 12.5. The maximum absolute atomic E-state index is 12.3. The van der Waals surface area contributed by atoms with Crippen LogP contribution in [0.1, 0.15) is 16.8 Å². The van der Waals surface area contributed by atoms with Crippen molar-refractivity contribution in [1.29, 1.82) is 0 Å². The Hall–Kier alpha value is -2.61. The van der Waals surface area contributed by atoms with Gasteiger partial charge in [-0.15, -0.1) is 0 Å². The smallest absolute Gasteiger partial charge is 0.248 e. The van der Waals surface area contributed by atoms with Gasteiger partial charge in [0.15, 0.2) is 0 Å². The summed E-state index contributed by atoms with van der Waals surface area (Å²) in [5, 5.41) is 0. The van der Waals surface area contributed by atoms with Gasteiger partial charge in [-0.05, 0) is 30.7 Å². The molecule has 0 aliphatic carbocycles. The van der Waals surface area contributed by atoms with Gasteiger partial charge in [-0.25, -0.2) is 0 Å². The van der Waals surface area contributed by atoms with Crippen molar-refractivity contribution in [3.63, 3.8) is 0 Å². The van der Waals surface area contributed by atoms with Gasteiger partial charge in [0, 0.05) is 38.8 Å². The zero-order valence-electron chi connectivity index (χ0n) is 14.9. The van der Waals surface area contributed by atoms with Gasteiger partial charge in [-0.3, -0.25) is 19.3 Å². The molecule has 0 unspecified atom stereocenters. The number of rotatable bonds is 6. The van der Waals surface area contributed by atoms with E-state index in [-0.39, 0.29) is 24.4 Å². The molecule has 2 fully saturated rings. The number of likely N-dealkylation sites (N-methyl/N-ethyl adjacent to an activating group) is 1. The van der Waals surface area contributed by atoms with Crippen LogP contribution in [0.5, 0.6) is 5.75 Å². The van der Waals surface area contributed by atoms with Crippen LogP contribution >= 0.6 is 0 Å². The second-order valence-corrected chi connectivity index (χ2v) is 6.69. The Kier molecular flexibility index (Phi) is 5.41. The molecular formula is C18H24N4O4. The van der Waals surface area contributed by atoms with Gasteiger partial charge in [0.2, 0.25) is 17.7 Å². The highest BCUT2D eigenvalue weighted by Crippen LogP contribution is 2.17. The summed E-state index contributed by atoms with van der Waals surface area (Å²) in [6, 6.07) is 6.36. The van der Waals surface area contributed by atoms with Crippen LogP contribution < -0.4 is 10.5 Å². The van der Waals surface area contributed by atoms with E-state index in [1.165, 1.54) is 4.90 Å². The fourth-order valence-corrected chi connectivity index (χ4v) is 3.37. The molecule has 2 aliphatic rings. The Morgan fingerprint density at radius 3 is 2.65 bits per heavy atom. The van der Waals surface area contributed by atoms with E-state index in [1.807, 2.05) is 0 Å². The van der Waals surface area contributed by atoms with Crippen LogP contribution in [0.2, 0.25) is 0 Å². The van der Waals surface area contributed by atoms with Crippen LogP contribution in [0.15, 0.2) is 24.3 Å². The molecule has 0 aromatic heterocycles. The minimum Gasteiger partial charge on any atom is -0.494 e. The monoisotopic (exact) mass is 360 g/mol. The Morgan fingerprint density at radius 1 is 1.23 bits per heavy atom. The minimum absolute atomic E-state index is 0.0140. The number of hydrogen-bond acceptors (Lipinski definition) is 5. The van der Waals surface area contributed by atoms with Crippen LogP contribution in [-0.2, 0) is 9.59 Å². The third-order valence-electron chi connectivity index (χ3n) is 4.84. The fraction of sp³-hybridized carbons (Fsp3) is 0.500. The molecule has 0 spiro atoms. The van der Waals surface area contributed by atoms with E-state index >= 15 is 0 Å². The molecule has 2 N–H and O–H groups in total. The van der Waals surface area contributed by atoms with E-state index in [4.69, 9.17) is 10.5 Å². The molecule has 2 saturated heterocycles. The molecule has 1 atom stereocenters. The van der Waals surface area contributed by atoms with Crippen LogP contribution in [0.25, 0.3) is 0 Å². The SMILES string of the molecule is CN1CC(=O)N2CCN(CCCOc3ccc(C(N)=O)cc3)C[C@H]2C1=O. The van der Waals surface area contributed by atoms with Crippen LogP contribution in [-0.4, -0.2) is 84.8 Å². The van der Waals surface area contributed by atoms with Crippen molar-refractivity contribution in [3.05, 3.63) is 29.8 Å². The van der Waals surface area contributed by atoms with Gasteiger partial charge in [0.05, 0.1) is 13.2 Å². The van der Waals surface area contributed by atoms with Crippen molar-refractivity contribution in [2.75, 3.05) is 46.4 Å². The Balaban J connectivity index is 1.43. The summed E-state index contributed by atoms with van der Waals surface area (Å²) < 4.78 is 5.68. The summed E-state index contributed by atoms with van der Waals surface area (Å²) in [5.41, 5.74) is 5.66. The highest BCUT2D eigenvalue weighted by Gasteiger charge is 2.40. The summed E-state index contributed by atoms with van der Waals surface area (Å²) in [7, 11) is 1.67. The Labute approximate surface area is 152 Å². The number of hydrogen-bond donors (Lipinski definition) is 1. The predicted octanol–water partition coefficient (Wildman–Crippen LogP) is -0.461. The zero-order valence-corrected chi connectivity index (χ0v) is 14.9. The van der Waals surface area contributed by atoms with Crippen LogP contribution in [0.3, 0.4) is 0 Å². The second kappa shape index (κ2) is 7.74. The van der Waals surface area contributed by atoms with Crippen LogP contribution in [0, 0.1) is 0 Å². The fourth-order valence-electron chi connectivity index (χ4n) is 3.37.